The molecule has 1 rings (SSSR count). The molecule has 0 fully saturated rings. The van der Waals surface area contributed by atoms with Crippen LogP contribution in [-0.2, 0) is 0 Å². The molecule has 0 aliphatic rings. The second-order valence-corrected chi connectivity index (χ2v) is 3.79. The van der Waals surface area contributed by atoms with Gasteiger partial charge in [0.25, 0.3) is 0 Å². The standard InChI is InChI=1S/C13H22N2/c1-3-14-10-7-11-15-12(2)13-8-5-4-6-9-13/h4-6,8-9,12,14-15H,3,7,10-11H2,1-2H3/t12-/m0/s1. The molecule has 0 saturated heterocycles. The van der Waals surface area contributed by atoms with Crippen LogP contribution in [0.3, 0.4) is 0 Å². The van der Waals surface area contributed by atoms with Crippen LogP contribution in [0.1, 0.15) is 31.9 Å². The fourth-order valence-corrected chi connectivity index (χ4v) is 1.57. The molecular weight excluding hydrogens is 184 g/mol. The minimum Gasteiger partial charge on any atom is -0.317 e. The van der Waals surface area contributed by atoms with Crippen LogP contribution in [0.15, 0.2) is 30.3 Å². The van der Waals surface area contributed by atoms with E-state index in [1.165, 1.54) is 12.0 Å². The molecule has 1 aromatic carbocycles. The van der Waals surface area contributed by atoms with E-state index in [1.54, 1.807) is 0 Å². The lowest BCUT2D eigenvalue weighted by molar-refractivity contribution is 0.542. The average molecular weight is 206 g/mol. The zero-order valence-electron chi connectivity index (χ0n) is 9.79. The molecule has 0 aliphatic heterocycles. The molecule has 0 spiro atoms. The fraction of sp³-hybridized carbons (Fsp3) is 0.538. The molecule has 1 atom stereocenters. The van der Waals surface area contributed by atoms with Gasteiger partial charge in [-0.15, -0.1) is 0 Å². The molecule has 0 saturated carbocycles. The quantitative estimate of drug-likeness (QED) is 0.669. The maximum absolute atomic E-state index is 3.52. The molecule has 2 N–H and O–H groups in total. The van der Waals surface area contributed by atoms with Gasteiger partial charge in [-0.3, -0.25) is 0 Å². The Hall–Kier alpha value is -0.860. The van der Waals surface area contributed by atoms with Gasteiger partial charge < -0.3 is 10.6 Å². The van der Waals surface area contributed by atoms with Gasteiger partial charge in [-0.1, -0.05) is 37.3 Å². The Labute approximate surface area is 93.1 Å². The molecule has 0 radical (unpaired) electrons. The first-order chi connectivity index (χ1) is 7.34. The van der Waals surface area contributed by atoms with Gasteiger partial charge in [-0.05, 0) is 38.5 Å². The summed E-state index contributed by atoms with van der Waals surface area (Å²) >= 11 is 0. The molecular formula is C13H22N2. The summed E-state index contributed by atoms with van der Waals surface area (Å²) in [6, 6.07) is 11.0. The van der Waals surface area contributed by atoms with Crippen molar-refractivity contribution in [1.82, 2.24) is 10.6 Å². The summed E-state index contributed by atoms with van der Waals surface area (Å²) in [6.45, 7) is 7.59. The van der Waals surface area contributed by atoms with Crippen LogP contribution in [0.2, 0.25) is 0 Å². The van der Waals surface area contributed by atoms with Crippen molar-refractivity contribution in [2.24, 2.45) is 0 Å². The molecule has 15 heavy (non-hydrogen) atoms. The van der Waals surface area contributed by atoms with E-state index in [0.29, 0.717) is 6.04 Å². The van der Waals surface area contributed by atoms with Crippen LogP contribution in [0, 0.1) is 0 Å². The third kappa shape index (κ3) is 4.96. The molecule has 84 valence electrons. The summed E-state index contributed by atoms with van der Waals surface area (Å²) in [6.07, 6.45) is 1.19. The summed E-state index contributed by atoms with van der Waals surface area (Å²) in [4.78, 5) is 0. The van der Waals surface area contributed by atoms with Crippen LogP contribution < -0.4 is 10.6 Å². The predicted molar refractivity (Wildman–Crippen MR) is 66.0 cm³/mol. The summed E-state index contributed by atoms with van der Waals surface area (Å²) in [7, 11) is 0. The number of benzene rings is 1. The van der Waals surface area contributed by atoms with Crippen molar-refractivity contribution < 1.29 is 0 Å². The first-order valence-corrected chi connectivity index (χ1v) is 5.83. The van der Waals surface area contributed by atoms with Gasteiger partial charge >= 0.3 is 0 Å². The van der Waals surface area contributed by atoms with Crippen LogP contribution >= 0.6 is 0 Å². The zero-order valence-corrected chi connectivity index (χ0v) is 9.79. The van der Waals surface area contributed by atoms with Gasteiger partial charge in [0.15, 0.2) is 0 Å². The normalized spacial score (nSPS) is 12.7. The molecule has 1 aromatic rings. The fourth-order valence-electron chi connectivity index (χ4n) is 1.57. The van der Waals surface area contributed by atoms with Crippen LogP contribution in [0.25, 0.3) is 0 Å². The maximum atomic E-state index is 3.52. The predicted octanol–water partition coefficient (Wildman–Crippen LogP) is 2.34. The zero-order chi connectivity index (χ0) is 10.9. The SMILES string of the molecule is CCNCCCN[C@@H](C)c1ccccc1. The molecule has 0 bridgehead atoms. The third-order valence-electron chi connectivity index (χ3n) is 2.53. The second-order valence-electron chi connectivity index (χ2n) is 3.79. The smallest absolute Gasteiger partial charge is 0.0291 e. The largest absolute Gasteiger partial charge is 0.317 e. The van der Waals surface area contributed by atoms with Crippen molar-refractivity contribution in [2.75, 3.05) is 19.6 Å². The summed E-state index contributed by atoms with van der Waals surface area (Å²) in [5, 5.41) is 6.84. The van der Waals surface area contributed by atoms with E-state index in [4.69, 9.17) is 0 Å². The first-order valence-electron chi connectivity index (χ1n) is 5.83. The van der Waals surface area contributed by atoms with Crippen molar-refractivity contribution in [1.29, 1.82) is 0 Å². The van der Waals surface area contributed by atoms with E-state index >= 15 is 0 Å². The highest BCUT2D eigenvalue weighted by Crippen LogP contribution is 2.10. The Morgan fingerprint density at radius 3 is 2.53 bits per heavy atom. The molecule has 2 nitrogen and oxygen atoms in total. The number of nitrogens with one attached hydrogen (secondary N) is 2. The van der Waals surface area contributed by atoms with Crippen LogP contribution in [0.5, 0.6) is 0 Å². The van der Waals surface area contributed by atoms with Gasteiger partial charge in [0.2, 0.25) is 0 Å². The monoisotopic (exact) mass is 206 g/mol. The highest BCUT2D eigenvalue weighted by atomic mass is 14.9. The average Bonchev–Trinajstić information content (AvgIpc) is 2.30. The van der Waals surface area contributed by atoms with E-state index in [9.17, 15) is 0 Å². The molecule has 0 aliphatic carbocycles. The lowest BCUT2D eigenvalue weighted by atomic mass is 10.1. The first kappa shape index (κ1) is 12.2. The van der Waals surface area contributed by atoms with E-state index in [2.05, 4.69) is 54.8 Å². The van der Waals surface area contributed by atoms with E-state index in [1.807, 2.05) is 0 Å². The molecule has 0 heterocycles. The van der Waals surface area contributed by atoms with E-state index < -0.39 is 0 Å². The Morgan fingerprint density at radius 2 is 1.87 bits per heavy atom. The number of hydrogen-bond acceptors (Lipinski definition) is 2. The summed E-state index contributed by atoms with van der Waals surface area (Å²) in [5.41, 5.74) is 1.36. The van der Waals surface area contributed by atoms with Crippen LogP contribution in [0.4, 0.5) is 0 Å². The Morgan fingerprint density at radius 1 is 1.13 bits per heavy atom. The van der Waals surface area contributed by atoms with Crippen molar-refractivity contribution in [2.45, 2.75) is 26.3 Å². The number of rotatable bonds is 7. The topological polar surface area (TPSA) is 24.1 Å². The van der Waals surface area contributed by atoms with Gasteiger partial charge in [0.1, 0.15) is 0 Å². The van der Waals surface area contributed by atoms with Gasteiger partial charge in [0, 0.05) is 6.04 Å². The molecule has 0 amide bonds. The minimum atomic E-state index is 0.452. The van der Waals surface area contributed by atoms with E-state index in [-0.39, 0.29) is 0 Å². The minimum absolute atomic E-state index is 0.452. The third-order valence-corrected chi connectivity index (χ3v) is 2.53. The lowest BCUT2D eigenvalue weighted by Crippen LogP contribution is -2.24. The highest BCUT2D eigenvalue weighted by molar-refractivity contribution is 5.17. The van der Waals surface area contributed by atoms with E-state index in [0.717, 1.165) is 19.6 Å². The Bertz CT molecular complexity index is 246. The molecule has 2 heteroatoms. The van der Waals surface area contributed by atoms with Crippen molar-refractivity contribution in [3.8, 4) is 0 Å². The Kier molecular flexibility index (Phi) is 6.05. The molecule has 0 unspecified atom stereocenters. The summed E-state index contributed by atoms with van der Waals surface area (Å²) in [5.74, 6) is 0. The highest BCUT2D eigenvalue weighted by Gasteiger charge is 2.01. The maximum Gasteiger partial charge on any atom is 0.0291 e. The van der Waals surface area contributed by atoms with Gasteiger partial charge in [-0.2, -0.15) is 0 Å². The van der Waals surface area contributed by atoms with Crippen molar-refractivity contribution in [3.63, 3.8) is 0 Å². The second kappa shape index (κ2) is 7.43. The molecule has 0 aromatic heterocycles. The van der Waals surface area contributed by atoms with Crippen molar-refractivity contribution in [3.05, 3.63) is 35.9 Å². The number of hydrogen-bond donors (Lipinski definition) is 2. The van der Waals surface area contributed by atoms with Crippen molar-refractivity contribution >= 4 is 0 Å². The van der Waals surface area contributed by atoms with Gasteiger partial charge in [0.05, 0.1) is 0 Å². The lowest BCUT2D eigenvalue weighted by Gasteiger charge is -2.13. The summed E-state index contributed by atoms with van der Waals surface area (Å²) < 4.78 is 0. The Balaban J connectivity index is 2.16. The van der Waals surface area contributed by atoms with Crippen LogP contribution in [-0.4, -0.2) is 19.6 Å². The van der Waals surface area contributed by atoms with Gasteiger partial charge in [-0.25, -0.2) is 0 Å².